The van der Waals surface area contributed by atoms with E-state index < -0.39 is 47.8 Å². The number of pyridine rings is 2. The average Bonchev–Trinajstić information content (AvgIpc) is 3.13. The molecule has 2 amide bonds. The van der Waals surface area contributed by atoms with Crippen LogP contribution in [0.2, 0.25) is 0 Å². The van der Waals surface area contributed by atoms with Crippen LogP contribution < -0.4 is 15.1 Å². The van der Waals surface area contributed by atoms with Crippen molar-refractivity contribution < 1.29 is 31.5 Å². The van der Waals surface area contributed by atoms with Gasteiger partial charge < -0.3 is 4.90 Å². The number of carbonyl (C=O) groups is 2. The fraction of sp³-hybridized carbons (Fsp3) is 0.400. The highest BCUT2D eigenvalue weighted by atomic mass is 19.4. The molecule has 4 rings (SSSR count). The van der Waals surface area contributed by atoms with E-state index in [2.05, 4.69) is 15.3 Å². The molecule has 0 saturated carbocycles. The molecule has 32 heavy (non-hydrogen) atoms. The maximum Gasteiger partial charge on any atom is 0.391 e. The van der Waals surface area contributed by atoms with Gasteiger partial charge in [-0.1, -0.05) is 6.92 Å². The molecule has 0 unspecified atom stereocenters. The molecule has 170 valence electrons. The minimum absolute atomic E-state index is 0.0873. The van der Waals surface area contributed by atoms with Crippen molar-refractivity contribution in [3.05, 3.63) is 41.7 Å². The first-order valence-electron chi connectivity index (χ1n) is 9.81. The highest BCUT2D eigenvalue weighted by Crippen LogP contribution is 2.39. The number of ketones is 1. The van der Waals surface area contributed by atoms with E-state index in [4.69, 9.17) is 0 Å². The number of nitrogens with one attached hydrogen (secondary N) is 1. The average molecular weight is 455 g/mol. The van der Waals surface area contributed by atoms with Gasteiger partial charge in [0, 0.05) is 25.6 Å². The van der Waals surface area contributed by atoms with Gasteiger partial charge in [-0.05, 0) is 18.6 Å². The smallest absolute Gasteiger partial charge is 0.366 e. The first-order chi connectivity index (χ1) is 15.0. The van der Waals surface area contributed by atoms with Crippen molar-refractivity contribution in [2.75, 3.05) is 28.2 Å². The zero-order chi connectivity index (χ0) is 23.2. The van der Waals surface area contributed by atoms with Crippen LogP contribution in [0.3, 0.4) is 0 Å². The molecular formula is C20H18F5N5O2. The molecule has 2 aromatic rings. The number of hydrogen-bond acceptors (Lipinski definition) is 5. The third-order valence-electron chi connectivity index (χ3n) is 5.54. The van der Waals surface area contributed by atoms with E-state index >= 15 is 0 Å². The number of Topliss-reactive ketones (excluding diaryl/α,β-unsaturated/α-hetero) is 1. The number of aromatic nitrogens is 2. The molecule has 0 aromatic carbocycles. The number of urea groups is 1. The fourth-order valence-electron chi connectivity index (χ4n) is 3.79. The number of halogens is 5. The molecule has 2 bridgehead atoms. The summed E-state index contributed by atoms with van der Waals surface area (Å²) >= 11 is 0. The Morgan fingerprint density at radius 3 is 2.72 bits per heavy atom. The molecule has 0 radical (unpaired) electrons. The van der Waals surface area contributed by atoms with Crippen LogP contribution in [0.5, 0.6) is 0 Å². The van der Waals surface area contributed by atoms with Gasteiger partial charge in [0.05, 0.1) is 23.8 Å². The number of fused-ring (bicyclic) bond motifs is 4. The maximum atomic E-state index is 14.0. The number of rotatable bonds is 4. The predicted molar refractivity (Wildman–Crippen MR) is 105 cm³/mol. The van der Waals surface area contributed by atoms with Gasteiger partial charge >= 0.3 is 12.2 Å². The van der Waals surface area contributed by atoms with Crippen molar-refractivity contribution in [3.8, 4) is 0 Å². The number of carbonyl (C=O) groups excluding carboxylic acids is 2. The molecule has 2 atom stereocenters. The molecule has 2 aliphatic rings. The second-order valence-corrected chi connectivity index (χ2v) is 7.78. The third kappa shape index (κ3) is 4.08. The van der Waals surface area contributed by atoms with Gasteiger partial charge in [-0.2, -0.15) is 13.2 Å². The van der Waals surface area contributed by atoms with E-state index in [0.29, 0.717) is 31.3 Å². The highest BCUT2D eigenvalue weighted by Gasteiger charge is 2.41. The Labute approximate surface area is 179 Å². The molecule has 2 aromatic heterocycles. The molecule has 12 heteroatoms. The molecular weight excluding hydrogens is 437 g/mol. The van der Waals surface area contributed by atoms with Crippen molar-refractivity contribution >= 4 is 29.1 Å². The molecule has 1 fully saturated rings. The monoisotopic (exact) mass is 455 g/mol. The van der Waals surface area contributed by atoms with E-state index in [1.165, 1.54) is 17.0 Å². The largest absolute Gasteiger partial charge is 0.391 e. The molecule has 1 N–H and O–H groups in total. The number of alkyl halides is 3. The standard InChI is InChI=1S/C20H18F5N5O2/c1-10(20(23,24)25)6-16(31)14-2-3-15-18(27-14)30(12-4-5-29(15)9-12)19(32)28-17-13(22)7-11(21)8-26-17/h2-3,7-8,10,12H,4-6,9H2,1H3,(H,26,28,32)/t10-,12-/m0/s1. The summed E-state index contributed by atoms with van der Waals surface area (Å²) in [6.07, 6.45) is -3.99. The number of nitrogens with zero attached hydrogens (tertiary/aromatic N) is 4. The Balaban J connectivity index is 1.63. The second-order valence-electron chi connectivity index (χ2n) is 7.78. The molecule has 0 aliphatic carbocycles. The highest BCUT2D eigenvalue weighted by molar-refractivity contribution is 6.05. The quantitative estimate of drug-likeness (QED) is 0.554. The Morgan fingerprint density at radius 1 is 1.28 bits per heavy atom. The van der Waals surface area contributed by atoms with Crippen molar-refractivity contribution in [1.82, 2.24) is 9.97 Å². The van der Waals surface area contributed by atoms with Crippen LogP contribution in [0.1, 0.15) is 30.3 Å². The second kappa shape index (κ2) is 7.99. The van der Waals surface area contributed by atoms with E-state index in [1.807, 2.05) is 4.90 Å². The minimum atomic E-state index is -4.52. The Hall–Kier alpha value is -3.31. The first-order valence-corrected chi connectivity index (χ1v) is 9.81. The van der Waals surface area contributed by atoms with Gasteiger partial charge in [-0.25, -0.2) is 23.5 Å². The zero-order valence-electron chi connectivity index (χ0n) is 16.8. The Morgan fingerprint density at radius 2 is 2.03 bits per heavy atom. The molecule has 2 aliphatic heterocycles. The van der Waals surface area contributed by atoms with E-state index in [-0.39, 0.29) is 17.6 Å². The summed E-state index contributed by atoms with van der Waals surface area (Å²) in [5.74, 6) is -5.03. The van der Waals surface area contributed by atoms with Crippen molar-refractivity contribution in [2.45, 2.75) is 32.0 Å². The summed E-state index contributed by atoms with van der Waals surface area (Å²) in [6.45, 7) is 1.98. The summed E-state index contributed by atoms with van der Waals surface area (Å²) < 4.78 is 65.6. The first kappa shape index (κ1) is 21.9. The van der Waals surface area contributed by atoms with Crippen molar-refractivity contribution in [2.24, 2.45) is 5.92 Å². The van der Waals surface area contributed by atoms with Crippen LogP contribution in [-0.2, 0) is 0 Å². The van der Waals surface area contributed by atoms with E-state index in [1.54, 1.807) is 0 Å². The lowest BCUT2D eigenvalue weighted by molar-refractivity contribution is -0.168. The lowest BCUT2D eigenvalue weighted by atomic mass is 10.0. The Kier molecular flexibility index (Phi) is 5.47. The maximum absolute atomic E-state index is 14.0. The summed E-state index contributed by atoms with van der Waals surface area (Å²) in [7, 11) is 0. The van der Waals surface area contributed by atoms with Crippen molar-refractivity contribution in [1.29, 1.82) is 0 Å². The predicted octanol–water partition coefficient (Wildman–Crippen LogP) is 4.16. The van der Waals surface area contributed by atoms with E-state index in [9.17, 15) is 31.5 Å². The van der Waals surface area contributed by atoms with Crippen LogP contribution in [0, 0.1) is 17.6 Å². The van der Waals surface area contributed by atoms with Crippen LogP contribution in [-0.4, -0.2) is 47.1 Å². The number of amides is 2. The topological polar surface area (TPSA) is 78.4 Å². The molecule has 4 heterocycles. The van der Waals surface area contributed by atoms with Crippen LogP contribution in [0.25, 0.3) is 0 Å². The van der Waals surface area contributed by atoms with Gasteiger partial charge in [-0.3, -0.25) is 15.0 Å². The van der Waals surface area contributed by atoms with Crippen LogP contribution >= 0.6 is 0 Å². The SMILES string of the molecule is C[C@@H](CC(=O)c1ccc2c(n1)N(C(=O)Nc1ncc(F)cc1F)[C@H]1CCN2C1)C(F)(F)F. The van der Waals surface area contributed by atoms with E-state index in [0.717, 1.165) is 13.1 Å². The lowest BCUT2D eigenvalue weighted by Gasteiger charge is -2.35. The summed E-state index contributed by atoms with van der Waals surface area (Å²) in [4.78, 5) is 36.3. The Bertz CT molecular complexity index is 1080. The summed E-state index contributed by atoms with van der Waals surface area (Å²) in [5, 5.41) is 2.27. The van der Waals surface area contributed by atoms with Crippen LogP contribution in [0.4, 0.5) is 44.1 Å². The normalized spacial score (nSPS) is 18.4. The summed E-state index contributed by atoms with van der Waals surface area (Å²) in [5.41, 5.74) is 0.327. The van der Waals surface area contributed by atoms with Crippen LogP contribution in [0.15, 0.2) is 24.4 Å². The van der Waals surface area contributed by atoms with Crippen molar-refractivity contribution in [3.63, 3.8) is 0 Å². The molecule has 7 nitrogen and oxygen atoms in total. The molecule has 0 spiro atoms. The van der Waals surface area contributed by atoms with Gasteiger partial charge in [0.2, 0.25) is 0 Å². The number of anilines is 3. The molecule has 1 saturated heterocycles. The minimum Gasteiger partial charge on any atom is -0.366 e. The zero-order valence-corrected chi connectivity index (χ0v) is 16.8. The fourth-order valence-corrected chi connectivity index (χ4v) is 3.79. The third-order valence-corrected chi connectivity index (χ3v) is 5.54. The van der Waals surface area contributed by atoms with Gasteiger partial charge in [-0.15, -0.1) is 0 Å². The van der Waals surface area contributed by atoms with Gasteiger partial charge in [0.1, 0.15) is 11.5 Å². The number of hydrogen-bond donors (Lipinski definition) is 1. The summed E-state index contributed by atoms with van der Waals surface area (Å²) in [6, 6.07) is 2.29. The van der Waals surface area contributed by atoms with Gasteiger partial charge in [0.15, 0.2) is 23.2 Å². The van der Waals surface area contributed by atoms with Gasteiger partial charge in [0.25, 0.3) is 0 Å². The lowest BCUT2D eigenvalue weighted by Crippen LogP contribution is -2.48.